The molecule has 1 fully saturated rings. The van der Waals surface area contributed by atoms with Crippen LogP contribution in [0.2, 0.25) is 0 Å². The lowest BCUT2D eigenvalue weighted by Crippen LogP contribution is -2.28. The van der Waals surface area contributed by atoms with Gasteiger partial charge < -0.3 is 0 Å². The van der Waals surface area contributed by atoms with Gasteiger partial charge in [-0.2, -0.15) is 5.10 Å². The number of nitrogens with zero attached hydrogens (tertiary/aromatic N) is 3. The molecule has 0 atom stereocenters. The van der Waals surface area contributed by atoms with Crippen molar-refractivity contribution in [2.24, 2.45) is 10.2 Å². The highest BCUT2D eigenvalue weighted by molar-refractivity contribution is 8.15. The van der Waals surface area contributed by atoms with Gasteiger partial charge in [-0.15, -0.1) is 5.10 Å². The van der Waals surface area contributed by atoms with Gasteiger partial charge in [0.05, 0.1) is 18.5 Å². The number of amides is 1. The van der Waals surface area contributed by atoms with E-state index in [1.54, 1.807) is 23.2 Å². The number of carbonyl (C=O) groups excluding carboxylic acids is 1. The Kier molecular flexibility index (Phi) is 5.05. The van der Waals surface area contributed by atoms with Crippen LogP contribution in [0, 0.1) is 12.7 Å². The van der Waals surface area contributed by atoms with Crippen molar-refractivity contribution in [3.8, 4) is 0 Å². The molecule has 6 heteroatoms. The van der Waals surface area contributed by atoms with E-state index in [2.05, 4.69) is 10.2 Å². The van der Waals surface area contributed by atoms with Crippen LogP contribution in [0.5, 0.6) is 0 Å². The molecule has 1 aliphatic rings. The molecule has 0 bridgehead atoms. The van der Waals surface area contributed by atoms with Crippen LogP contribution in [0.25, 0.3) is 0 Å². The molecule has 0 radical (unpaired) electrons. The van der Waals surface area contributed by atoms with Crippen LogP contribution >= 0.6 is 11.8 Å². The van der Waals surface area contributed by atoms with Crippen LogP contribution in [0.3, 0.4) is 0 Å². The van der Waals surface area contributed by atoms with Gasteiger partial charge in [0.25, 0.3) is 0 Å². The number of benzene rings is 2. The van der Waals surface area contributed by atoms with Gasteiger partial charge in [0.1, 0.15) is 5.82 Å². The molecule has 1 heterocycles. The highest BCUT2D eigenvalue weighted by Crippen LogP contribution is 2.22. The molecule has 1 amide bonds. The molecule has 0 spiro atoms. The minimum Gasteiger partial charge on any atom is -0.285 e. The highest BCUT2D eigenvalue weighted by atomic mass is 32.2. The molecule has 1 saturated heterocycles. The van der Waals surface area contributed by atoms with Gasteiger partial charge in [-0.05, 0) is 30.2 Å². The zero-order valence-corrected chi connectivity index (χ0v) is 14.0. The SMILES string of the molecule is Cc1ccc(/C=N/N=C2\SCC(=O)N2Cc2ccc(F)cc2)cc1. The summed E-state index contributed by atoms with van der Waals surface area (Å²) in [6.45, 7) is 2.39. The highest BCUT2D eigenvalue weighted by Gasteiger charge is 2.28. The summed E-state index contributed by atoms with van der Waals surface area (Å²) in [5.41, 5.74) is 2.98. The topological polar surface area (TPSA) is 45.0 Å². The fourth-order valence-electron chi connectivity index (χ4n) is 2.20. The van der Waals surface area contributed by atoms with E-state index in [-0.39, 0.29) is 11.7 Å². The fraction of sp³-hybridized carbons (Fsp3) is 0.167. The van der Waals surface area contributed by atoms with Gasteiger partial charge in [0, 0.05) is 0 Å². The Morgan fingerprint density at radius 3 is 2.58 bits per heavy atom. The Bertz CT molecular complexity index is 785. The zero-order valence-electron chi connectivity index (χ0n) is 13.1. The second kappa shape index (κ2) is 7.40. The summed E-state index contributed by atoms with van der Waals surface area (Å²) in [4.78, 5) is 13.6. The largest absolute Gasteiger partial charge is 0.285 e. The maximum Gasteiger partial charge on any atom is 0.239 e. The predicted molar refractivity (Wildman–Crippen MR) is 95.6 cm³/mol. The predicted octanol–water partition coefficient (Wildman–Crippen LogP) is 3.60. The lowest BCUT2D eigenvalue weighted by molar-refractivity contribution is -0.124. The molecule has 2 aromatic rings. The number of hydrogen-bond donors (Lipinski definition) is 0. The van der Waals surface area contributed by atoms with Gasteiger partial charge in [0.15, 0.2) is 5.17 Å². The number of thioether (sulfide) groups is 1. The minimum atomic E-state index is -0.294. The normalized spacial score (nSPS) is 16.5. The summed E-state index contributed by atoms with van der Waals surface area (Å²) in [7, 11) is 0. The Hall–Kier alpha value is -2.47. The van der Waals surface area contributed by atoms with Gasteiger partial charge in [0.2, 0.25) is 5.91 Å². The molecular weight excluding hydrogens is 325 g/mol. The van der Waals surface area contributed by atoms with E-state index in [4.69, 9.17) is 0 Å². The van der Waals surface area contributed by atoms with Gasteiger partial charge in [-0.1, -0.05) is 53.7 Å². The monoisotopic (exact) mass is 341 g/mol. The van der Waals surface area contributed by atoms with E-state index >= 15 is 0 Å². The Balaban J connectivity index is 1.72. The molecule has 0 aliphatic carbocycles. The summed E-state index contributed by atoms with van der Waals surface area (Å²) in [6, 6.07) is 14.0. The van der Waals surface area contributed by atoms with Crippen molar-refractivity contribution in [1.82, 2.24) is 4.90 Å². The first kappa shape index (κ1) is 16.4. The summed E-state index contributed by atoms with van der Waals surface area (Å²) in [6.07, 6.45) is 1.66. The smallest absolute Gasteiger partial charge is 0.239 e. The van der Waals surface area contributed by atoms with Gasteiger partial charge in [-0.3, -0.25) is 9.69 Å². The van der Waals surface area contributed by atoms with E-state index in [0.29, 0.717) is 17.5 Å². The molecule has 0 saturated carbocycles. The molecule has 122 valence electrons. The van der Waals surface area contributed by atoms with E-state index in [1.165, 1.54) is 29.5 Å². The number of carbonyl (C=O) groups is 1. The van der Waals surface area contributed by atoms with E-state index in [1.807, 2.05) is 31.2 Å². The molecule has 4 nitrogen and oxygen atoms in total. The first-order chi connectivity index (χ1) is 11.6. The molecule has 1 aliphatic heterocycles. The maximum absolute atomic E-state index is 13.0. The molecule has 2 aromatic carbocycles. The number of hydrogen-bond acceptors (Lipinski definition) is 4. The second-order valence-corrected chi connectivity index (χ2v) is 6.38. The standard InChI is InChI=1S/C18H16FN3OS/c1-13-2-4-14(5-3-13)10-20-21-18-22(17(23)12-24-18)11-15-6-8-16(19)9-7-15/h2-10H,11-12H2,1H3/b20-10+,21-18-. The van der Waals surface area contributed by atoms with Crippen molar-refractivity contribution >= 4 is 29.1 Å². The third kappa shape index (κ3) is 4.08. The average molecular weight is 341 g/mol. The third-order valence-electron chi connectivity index (χ3n) is 3.54. The van der Waals surface area contributed by atoms with E-state index < -0.39 is 0 Å². The molecular formula is C18H16FN3OS. The number of amidine groups is 1. The van der Waals surface area contributed by atoms with E-state index in [9.17, 15) is 9.18 Å². The second-order valence-electron chi connectivity index (χ2n) is 5.43. The van der Waals surface area contributed by atoms with Crippen molar-refractivity contribution in [2.45, 2.75) is 13.5 Å². The van der Waals surface area contributed by atoms with Crippen LogP contribution in [-0.2, 0) is 11.3 Å². The fourth-order valence-corrected chi connectivity index (χ4v) is 3.03. The summed E-state index contributed by atoms with van der Waals surface area (Å²) in [5, 5.41) is 8.81. The maximum atomic E-state index is 13.0. The summed E-state index contributed by atoms with van der Waals surface area (Å²) in [5.74, 6) is 0.0335. The first-order valence-electron chi connectivity index (χ1n) is 7.47. The molecule has 0 N–H and O–H groups in total. The van der Waals surface area contributed by atoms with Crippen molar-refractivity contribution in [1.29, 1.82) is 0 Å². The van der Waals surface area contributed by atoms with Crippen LogP contribution in [0.15, 0.2) is 58.7 Å². The first-order valence-corrected chi connectivity index (χ1v) is 8.46. The average Bonchev–Trinajstić information content (AvgIpc) is 2.92. The third-order valence-corrected chi connectivity index (χ3v) is 4.49. The molecule has 0 unspecified atom stereocenters. The quantitative estimate of drug-likeness (QED) is 0.630. The van der Waals surface area contributed by atoms with Crippen LogP contribution in [-0.4, -0.2) is 27.9 Å². The summed E-state index contributed by atoms with van der Waals surface area (Å²) >= 11 is 1.36. The Morgan fingerprint density at radius 2 is 1.88 bits per heavy atom. The molecule has 0 aromatic heterocycles. The lowest BCUT2D eigenvalue weighted by Gasteiger charge is -2.15. The van der Waals surface area contributed by atoms with Crippen molar-refractivity contribution < 1.29 is 9.18 Å². The van der Waals surface area contributed by atoms with E-state index in [0.717, 1.165) is 11.1 Å². The minimum absolute atomic E-state index is 0.0198. The lowest BCUT2D eigenvalue weighted by atomic mass is 10.2. The van der Waals surface area contributed by atoms with Gasteiger partial charge in [-0.25, -0.2) is 4.39 Å². The van der Waals surface area contributed by atoms with Crippen LogP contribution in [0.4, 0.5) is 4.39 Å². The number of aryl methyl sites for hydroxylation is 1. The Labute approximate surface area is 144 Å². The molecule has 3 rings (SSSR count). The van der Waals surface area contributed by atoms with Gasteiger partial charge >= 0.3 is 0 Å². The number of halogens is 1. The van der Waals surface area contributed by atoms with Crippen molar-refractivity contribution in [3.05, 3.63) is 71.0 Å². The Morgan fingerprint density at radius 1 is 1.17 bits per heavy atom. The van der Waals surface area contributed by atoms with Crippen LogP contribution in [0.1, 0.15) is 16.7 Å². The summed E-state index contributed by atoms with van der Waals surface area (Å²) < 4.78 is 13.0. The van der Waals surface area contributed by atoms with Crippen LogP contribution < -0.4 is 0 Å². The van der Waals surface area contributed by atoms with Crippen molar-refractivity contribution in [2.75, 3.05) is 5.75 Å². The number of rotatable bonds is 4. The molecule has 24 heavy (non-hydrogen) atoms. The van der Waals surface area contributed by atoms with Crippen molar-refractivity contribution in [3.63, 3.8) is 0 Å². The zero-order chi connectivity index (χ0) is 16.9.